The Morgan fingerprint density at radius 3 is 2.67 bits per heavy atom. The van der Waals surface area contributed by atoms with Crippen LogP contribution in [-0.4, -0.2) is 42.0 Å². The summed E-state index contributed by atoms with van der Waals surface area (Å²) in [6.45, 7) is 2.04. The number of cyclic esters (lactones) is 1. The highest BCUT2D eigenvalue weighted by atomic mass is 16.6. The molecule has 0 bridgehead atoms. The van der Waals surface area contributed by atoms with Gasteiger partial charge >= 0.3 is 6.09 Å². The van der Waals surface area contributed by atoms with Crippen LogP contribution in [0.15, 0.2) is 42.6 Å². The minimum Gasteiger partial charge on any atom is -0.442 e. The standard InChI is InChI=1S/C17H17N3O4/c1-11(21)19-9-14-10-20(17(23)24-14)13-6-4-12(5-7-13)16(22)15-3-2-8-18-15/h2-8,14,18H,9-10H2,1H3,(H,19,21)/t14-/m0/s1. The number of nitrogens with zero attached hydrogens (tertiary/aromatic N) is 1. The SMILES string of the molecule is CC(=O)NC[C@H]1CN(c2ccc(C(=O)c3ccc[nH]3)cc2)C(=O)O1. The molecule has 2 amide bonds. The predicted molar refractivity (Wildman–Crippen MR) is 87.0 cm³/mol. The van der Waals surface area contributed by atoms with E-state index in [0.29, 0.717) is 23.5 Å². The summed E-state index contributed by atoms with van der Waals surface area (Å²) >= 11 is 0. The molecule has 7 heteroatoms. The van der Waals surface area contributed by atoms with Crippen molar-refractivity contribution >= 4 is 23.5 Å². The van der Waals surface area contributed by atoms with Crippen LogP contribution in [0.5, 0.6) is 0 Å². The lowest BCUT2D eigenvalue weighted by molar-refractivity contribution is -0.119. The number of carbonyl (C=O) groups excluding carboxylic acids is 3. The number of ketones is 1. The molecule has 0 radical (unpaired) electrons. The smallest absolute Gasteiger partial charge is 0.414 e. The van der Waals surface area contributed by atoms with Crippen molar-refractivity contribution in [1.29, 1.82) is 0 Å². The summed E-state index contributed by atoms with van der Waals surface area (Å²) in [6.07, 6.45) is 0.840. The zero-order valence-corrected chi connectivity index (χ0v) is 13.1. The first-order chi connectivity index (χ1) is 11.5. The Kier molecular flexibility index (Phi) is 4.33. The highest BCUT2D eigenvalue weighted by molar-refractivity contribution is 6.08. The van der Waals surface area contributed by atoms with Crippen LogP contribution in [-0.2, 0) is 9.53 Å². The fraction of sp³-hybridized carbons (Fsp3) is 0.235. The van der Waals surface area contributed by atoms with Gasteiger partial charge < -0.3 is 15.0 Å². The van der Waals surface area contributed by atoms with E-state index in [1.165, 1.54) is 11.8 Å². The number of nitrogens with one attached hydrogen (secondary N) is 2. The summed E-state index contributed by atoms with van der Waals surface area (Å²) in [5, 5.41) is 2.63. The molecule has 0 unspecified atom stereocenters. The van der Waals surface area contributed by atoms with Gasteiger partial charge in [0.1, 0.15) is 6.10 Å². The van der Waals surface area contributed by atoms with E-state index in [2.05, 4.69) is 10.3 Å². The minimum atomic E-state index is -0.464. The Hall–Kier alpha value is -3.09. The average Bonchev–Trinajstić information content (AvgIpc) is 3.22. The van der Waals surface area contributed by atoms with Crippen LogP contribution in [0.2, 0.25) is 0 Å². The molecule has 2 N–H and O–H groups in total. The number of hydrogen-bond donors (Lipinski definition) is 2. The van der Waals surface area contributed by atoms with Crippen molar-refractivity contribution in [3.63, 3.8) is 0 Å². The number of carbonyl (C=O) groups is 3. The van der Waals surface area contributed by atoms with Gasteiger partial charge in [-0.1, -0.05) is 0 Å². The molecule has 1 atom stereocenters. The maximum absolute atomic E-state index is 12.2. The topological polar surface area (TPSA) is 91.5 Å². The van der Waals surface area contributed by atoms with Crippen LogP contribution >= 0.6 is 0 Å². The third kappa shape index (κ3) is 3.29. The van der Waals surface area contributed by atoms with Crippen molar-refractivity contribution in [2.75, 3.05) is 18.0 Å². The molecule has 124 valence electrons. The summed E-state index contributed by atoms with van der Waals surface area (Å²) < 4.78 is 5.22. The molecular formula is C17H17N3O4. The highest BCUT2D eigenvalue weighted by Gasteiger charge is 2.32. The maximum Gasteiger partial charge on any atom is 0.414 e. The van der Waals surface area contributed by atoms with Gasteiger partial charge in [-0.25, -0.2) is 4.79 Å². The first-order valence-electron chi connectivity index (χ1n) is 7.55. The number of anilines is 1. The lowest BCUT2D eigenvalue weighted by atomic mass is 10.1. The van der Waals surface area contributed by atoms with Gasteiger partial charge in [0.05, 0.1) is 18.8 Å². The summed E-state index contributed by atoms with van der Waals surface area (Å²) in [4.78, 5) is 39.5. The Morgan fingerprint density at radius 2 is 2.04 bits per heavy atom. The second kappa shape index (κ2) is 6.57. The van der Waals surface area contributed by atoms with Gasteiger partial charge in [0.2, 0.25) is 11.7 Å². The van der Waals surface area contributed by atoms with Crippen LogP contribution in [0.1, 0.15) is 23.0 Å². The Balaban J connectivity index is 1.68. The van der Waals surface area contributed by atoms with Crippen molar-refractivity contribution in [3.05, 3.63) is 53.9 Å². The molecule has 1 aromatic heterocycles. The van der Waals surface area contributed by atoms with Crippen LogP contribution in [0.4, 0.5) is 10.5 Å². The van der Waals surface area contributed by atoms with E-state index < -0.39 is 6.09 Å². The molecule has 1 fully saturated rings. The zero-order valence-electron chi connectivity index (χ0n) is 13.1. The summed E-state index contributed by atoms with van der Waals surface area (Å²) in [6, 6.07) is 10.2. The van der Waals surface area contributed by atoms with E-state index in [1.807, 2.05) is 0 Å². The molecule has 1 aliphatic heterocycles. The van der Waals surface area contributed by atoms with Gasteiger partial charge in [-0.15, -0.1) is 0 Å². The number of benzene rings is 1. The third-order valence-corrected chi connectivity index (χ3v) is 3.74. The van der Waals surface area contributed by atoms with Crippen molar-refractivity contribution in [2.45, 2.75) is 13.0 Å². The van der Waals surface area contributed by atoms with Crippen LogP contribution in [0, 0.1) is 0 Å². The van der Waals surface area contributed by atoms with E-state index in [4.69, 9.17) is 4.74 Å². The second-order valence-electron chi connectivity index (χ2n) is 5.51. The van der Waals surface area contributed by atoms with Crippen molar-refractivity contribution in [1.82, 2.24) is 10.3 Å². The minimum absolute atomic E-state index is 0.112. The molecule has 1 aromatic carbocycles. The number of ether oxygens (including phenoxy) is 1. The summed E-state index contributed by atoms with van der Waals surface area (Å²) in [7, 11) is 0. The average molecular weight is 327 g/mol. The van der Waals surface area contributed by atoms with Crippen molar-refractivity contribution < 1.29 is 19.1 Å². The summed E-state index contributed by atoms with van der Waals surface area (Å²) in [5.41, 5.74) is 1.69. The normalized spacial score (nSPS) is 16.8. The molecule has 2 heterocycles. The maximum atomic E-state index is 12.2. The number of rotatable bonds is 5. The zero-order chi connectivity index (χ0) is 17.1. The van der Waals surface area contributed by atoms with Crippen molar-refractivity contribution in [2.24, 2.45) is 0 Å². The van der Waals surface area contributed by atoms with Gasteiger partial charge in [-0.2, -0.15) is 0 Å². The Labute approximate surface area is 138 Å². The monoisotopic (exact) mass is 327 g/mol. The molecule has 0 aliphatic carbocycles. The van der Waals surface area contributed by atoms with Crippen molar-refractivity contribution in [3.8, 4) is 0 Å². The predicted octanol–water partition coefficient (Wildman–Crippen LogP) is 1.71. The second-order valence-corrected chi connectivity index (χ2v) is 5.51. The number of aromatic amines is 1. The molecule has 0 saturated carbocycles. The third-order valence-electron chi connectivity index (χ3n) is 3.74. The molecule has 24 heavy (non-hydrogen) atoms. The fourth-order valence-corrected chi connectivity index (χ4v) is 2.52. The van der Waals surface area contributed by atoms with Gasteiger partial charge in [0.25, 0.3) is 0 Å². The molecule has 2 aromatic rings. The number of H-pyrrole nitrogens is 1. The molecule has 3 rings (SSSR count). The Bertz CT molecular complexity index is 753. The largest absolute Gasteiger partial charge is 0.442 e. The fourth-order valence-electron chi connectivity index (χ4n) is 2.52. The van der Waals surface area contributed by atoms with Gasteiger partial charge in [-0.05, 0) is 36.4 Å². The first-order valence-corrected chi connectivity index (χ1v) is 7.55. The van der Waals surface area contributed by atoms with E-state index in [1.54, 1.807) is 42.6 Å². The van der Waals surface area contributed by atoms with Gasteiger partial charge in [0.15, 0.2) is 0 Å². The molecule has 0 spiro atoms. The number of amides is 2. The van der Waals surface area contributed by atoms with Crippen LogP contribution < -0.4 is 10.2 Å². The molecule has 1 aliphatic rings. The number of aromatic nitrogens is 1. The highest BCUT2D eigenvalue weighted by Crippen LogP contribution is 2.22. The van der Waals surface area contributed by atoms with Crippen LogP contribution in [0.3, 0.4) is 0 Å². The summed E-state index contributed by atoms with van der Waals surface area (Å²) in [5.74, 6) is -0.282. The Morgan fingerprint density at radius 1 is 1.29 bits per heavy atom. The molecule has 7 nitrogen and oxygen atoms in total. The quantitative estimate of drug-likeness (QED) is 0.818. The molecular weight excluding hydrogens is 310 g/mol. The van der Waals surface area contributed by atoms with Gasteiger partial charge in [0, 0.05) is 24.4 Å². The van der Waals surface area contributed by atoms with Gasteiger partial charge in [-0.3, -0.25) is 14.5 Å². The first kappa shape index (κ1) is 15.8. The van der Waals surface area contributed by atoms with Crippen LogP contribution in [0.25, 0.3) is 0 Å². The molecule has 1 saturated heterocycles. The number of hydrogen-bond acceptors (Lipinski definition) is 4. The van der Waals surface area contributed by atoms with E-state index in [-0.39, 0.29) is 24.3 Å². The van der Waals surface area contributed by atoms with E-state index in [9.17, 15) is 14.4 Å². The lowest BCUT2D eigenvalue weighted by Crippen LogP contribution is -2.33. The lowest BCUT2D eigenvalue weighted by Gasteiger charge is -2.13. The van der Waals surface area contributed by atoms with E-state index in [0.717, 1.165) is 0 Å². The van der Waals surface area contributed by atoms with E-state index >= 15 is 0 Å².